The molecule has 0 N–H and O–H groups in total. The highest BCUT2D eigenvalue weighted by molar-refractivity contribution is 5.92. The largest absolute Gasteiger partial charge is 0.443 e. The molecule has 1 aliphatic heterocycles. The van der Waals surface area contributed by atoms with E-state index in [2.05, 4.69) is 4.98 Å². The van der Waals surface area contributed by atoms with Gasteiger partial charge in [0, 0.05) is 33.1 Å². The monoisotopic (exact) mass is 426 g/mol. The fraction of sp³-hybridized carbons (Fsp3) is 0.364. The molecule has 1 saturated heterocycles. The van der Waals surface area contributed by atoms with E-state index in [1.54, 1.807) is 23.2 Å². The van der Waals surface area contributed by atoms with Crippen LogP contribution in [0.3, 0.4) is 0 Å². The number of nitrogens with zero attached hydrogens (tertiary/aromatic N) is 4. The number of likely N-dealkylation sites (tertiary alicyclic amines) is 1. The summed E-state index contributed by atoms with van der Waals surface area (Å²) in [4.78, 5) is 43.6. The first-order valence-corrected chi connectivity index (χ1v) is 10.1. The zero-order chi connectivity index (χ0) is 22.1. The van der Waals surface area contributed by atoms with Crippen LogP contribution in [0.5, 0.6) is 0 Å². The first-order chi connectivity index (χ1) is 14.8. The fourth-order valence-corrected chi connectivity index (χ4v) is 3.92. The Morgan fingerprint density at radius 3 is 2.77 bits per heavy atom. The molecule has 1 atom stereocenters. The highest BCUT2D eigenvalue weighted by Crippen LogP contribution is 2.32. The molecule has 9 heteroatoms. The molecule has 0 spiro atoms. The Kier molecular flexibility index (Phi) is 5.58. The van der Waals surface area contributed by atoms with Gasteiger partial charge in [0.05, 0.1) is 6.20 Å². The fourth-order valence-electron chi connectivity index (χ4n) is 3.92. The molecule has 0 aliphatic carbocycles. The molecule has 31 heavy (non-hydrogen) atoms. The second-order valence-electron chi connectivity index (χ2n) is 7.75. The minimum Gasteiger partial charge on any atom is -0.443 e. The summed E-state index contributed by atoms with van der Waals surface area (Å²) in [7, 11) is 2.84. The third kappa shape index (κ3) is 4.08. The van der Waals surface area contributed by atoms with E-state index in [-0.39, 0.29) is 11.5 Å². The molecule has 1 fully saturated rings. The van der Waals surface area contributed by atoms with Gasteiger partial charge >= 0.3 is 5.69 Å². The maximum absolute atomic E-state index is 13.4. The average molecular weight is 426 g/mol. The van der Waals surface area contributed by atoms with Crippen LogP contribution in [-0.2, 0) is 20.5 Å². The molecule has 0 bridgehead atoms. The van der Waals surface area contributed by atoms with Crippen LogP contribution < -0.4 is 11.2 Å². The van der Waals surface area contributed by atoms with Crippen molar-refractivity contribution in [3.05, 3.63) is 86.1 Å². The van der Waals surface area contributed by atoms with Crippen molar-refractivity contribution in [1.29, 1.82) is 0 Å². The Morgan fingerprint density at radius 2 is 2.00 bits per heavy atom. The number of aromatic nitrogens is 3. The van der Waals surface area contributed by atoms with Gasteiger partial charge in [-0.05, 0) is 37.0 Å². The van der Waals surface area contributed by atoms with Crippen LogP contribution >= 0.6 is 0 Å². The number of benzene rings is 1. The van der Waals surface area contributed by atoms with Crippen molar-refractivity contribution in [3.63, 3.8) is 0 Å². The van der Waals surface area contributed by atoms with Crippen LogP contribution in [-0.4, -0.2) is 31.5 Å². The number of carbonyl (C=O) groups excluding carboxylic acids is 1. The molecule has 8 nitrogen and oxygen atoms in total. The Hall–Kier alpha value is -3.49. The molecular formula is C22H23FN4O4. The summed E-state index contributed by atoms with van der Waals surface area (Å²) in [5, 5.41) is 0. The standard InChI is InChI=1S/C22H23FN4O4/c1-25-18(12-19(28)26(2)22(25)30)21(29)27-9-4-3-8-17(27)20-24-13-16(31-20)11-14-6-5-7-15(23)10-14/h5-7,10,12-13,17H,3-4,8-9,11H2,1-2H3/t17-/m1/s1. The number of carbonyl (C=O) groups is 1. The number of halogens is 1. The summed E-state index contributed by atoms with van der Waals surface area (Å²) in [6.07, 6.45) is 4.33. The van der Waals surface area contributed by atoms with E-state index in [0.29, 0.717) is 31.0 Å². The second-order valence-corrected chi connectivity index (χ2v) is 7.75. The average Bonchev–Trinajstić information content (AvgIpc) is 3.22. The number of amides is 1. The van der Waals surface area contributed by atoms with Crippen LogP contribution in [0.1, 0.15) is 53.0 Å². The lowest BCUT2D eigenvalue weighted by molar-refractivity contribution is 0.0557. The highest BCUT2D eigenvalue weighted by Gasteiger charge is 2.33. The minimum atomic E-state index is -0.557. The topological polar surface area (TPSA) is 90.3 Å². The van der Waals surface area contributed by atoms with Crippen LogP contribution in [0.25, 0.3) is 0 Å². The highest BCUT2D eigenvalue weighted by atomic mass is 19.1. The van der Waals surface area contributed by atoms with Crippen molar-refractivity contribution < 1.29 is 13.6 Å². The number of oxazole rings is 1. The van der Waals surface area contributed by atoms with Crippen molar-refractivity contribution in [1.82, 2.24) is 19.0 Å². The number of rotatable bonds is 4. The number of piperidine rings is 1. The molecule has 3 aromatic rings. The van der Waals surface area contributed by atoms with Gasteiger partial charge in [-0.25, -0.2) is 14.2 Å². The van der Waals surface area contributed by atoms with Crippen molar-refractivity contribution in [3.8, 4) is 0 Å². The van der Waals surface area contributed by atoms with Gasteiger partial charge in [-0.15, -0.1) is 0 Å². The van der Waals surface area contributed by atoms with E-state index < -0.39 is 23.2 Å². The maximum Gasteiger partial charge on any atom is 0.331 e. The molecule has 4 rings (SSSR count). The van der Waals surface area contributed by atoms with Crippen molar-refractivity contribution in [2.75, 3.05) is 6.54 Å². The van der Waals surface area contributed by atoms with Crippen LogP contribution in [0.4, 0.5) is 4.39 Å². The number of hydrogen-bond donors (Lipinski definition) is 0. The lowest BCUT2D eigenvalue weighted by Gasteiger charge is -2.34. The molecule has 0 radical (unpaired) electrons. The molecule has 2 aromatic heterocycles. The first-order valence-electron chi connectivity index (χ1n) is 10.1. The predicted octanol–water partition coefficient (Wildman–Crippen LogP) is 2.17. The molecule has 0 saturated carbocycles. The van der Waals surface area contributed by atoms with Crippen LogP contribution in [0.2, 0.25) is 0 Å². The van der Waals surface area contributed by atoms with E-state index in [1.807, 2.05) is 0 Å². The predicted molar refractivity (Wildman–Crippen MR) is 110 cm³/mol. The first kappa shape index (κ1) is 20.8. The summed E-state index contributed by atoms with van der Waals surface area (Å²) < 4.78 is 21.5. The Labute approximate surface area is 177 Å². The summed E-state index contributed by atoms with van der Waals surface area (Å²) in [5.74, 6) is 0.237. The van der Waals surface area contributed by atoms with E-state index in [9.17, 15) is 18.8 Å². The smallest absolute Gasteiger partial charge is 0.331 e. The Morgan fingerprint density at radius 1 is 1.19 bits per heavy atom. The van der Waals surface area contributed by atoms with Crippen molar-refractivity contribution in [2.24, 2.45) is 14.1 Å². The quantitative estimate of drug-likeness (QED) is 0.638. The lowest BCUT2D eigenvalue weighted by atomic mass is 10.0. The Balaban J connectivity index is 1.61. The van der Waals surface area contributed by atoms with Gasteiger partial charge in [-0.1, -0.05) is 12.1 Å². The van der Waals surface area contributed by atoms with E-state index in [1.165, 1.54) is 36.9 Å². The Bertz CT molecular complexity index is 1240. The van der Waals surface area contributed by atoms with Gasteiger partial charge < -0.3 is 9.32 Å². The van der Waals surface area contributed by atoms with E-state index in [0.717, 1.165) is 23.0 Å². The molecule has 0 unspecified atom stereocenters. The van der Waals surface area contributed by atoms with Gasteiger partial charge in [0.1, 0.15) is 23.3 Å². The minimum absolute atomic E-state index is 0.0338. The van der Waals surface area contributed by atoms with Crippen molar-refractivity contribution in [2.45, 2.75) is 31.7 Å². The van der Waals surface area contributed by atoms with Crippen molar-refractivity contribution >= 4 is 5.91 Å². The summed E-state index contributed by atoms with van der Waals surface area (Å²) in [5.41, 5.74) is -0.299. The molecule has 1 aromatic carbocycles. The second kappa shape index (κ2) is 8.33. The zero-order valence-electron chi connectivity index (χ0n) is 17.4. The van der Waals surface area contributed by atoms with E-state index >= 15 is 0 Å². The van der Waals surface area contributed by atoms with Gasteiger partial charge in [-0.2, -0.15) is 0 Å². The summed E-state index contributed by atoms with van der Waals surface area (Å²) in [6, 6.07) is 7.04. The van der Waals surface area contributed by atoms with Gasteiger partial charge in [0.25, 0.3) is 11.5 Å². The molecular weight excluding hydrogens is 403 g/mol. The van der Waals surface area contributed by atoms with Gasteiger partial charge in [0.2, 0.25) is 5.89 Å². The third-order valence-electron chi connectivity index (χ3n) is 5.63. The summed E-state index contributed by atoms with van der Waals surface area (Å²) >= 11 is 0. The SMILES string of the molecule is Cn1c(C(=O)N2CCCC[C@@H]2c2ncc(Cc3cccc(F)c3)o2)cc(=O)n(C)c1=O. The molecule has 3 heterocycles. The summed E-state index contributed by atoms with van der Waals surface area (Å²) in [6.45, 7) is 0.467. The number of hydrogen-bond acceptors (Lipinski definition) is 5. The van der Waals surface area contributed by atoms with Crippen LogP contribution in [0.15, 0.2) is 50.5 Å². The molecule has 162 valence electrons. The molecule has 1 amide bonds. The van der Waals surface area contributed by atoms with Gasteiger partial charge in [-0.3, -0.25) is 18.7 Å². The lowest BCUT2D eigenvalue weighted by Crippen LogP contribution is -2.44. The normalized spacial score (nSPS) is 16.5. The van der Waals surface area contributed by atoms with Gasteiger partial charge in [0.15, 0.2) is 0 Å². The third-order valence-corrected chi connectivity index (χ3v) is 5.63. The van der Waals surface area contributed by atoms with Crippen LogP contribution in [0, 0.1) is 5.82 Å². The molecule has 1 aliphatic rings. The maximum atomic E-state index is 13.4. The zero-order valence-corrected chi connectivity index (χ0v) is 17.4. The van der Waals surface area contributed by atoms with E-state index in [4.69, 9.17) is 4.42 Å².